The van der Waals surface area contributed by atoms with Gasteiger partial charge in [0.2, 0.25) is 11.8 Å². The quantitative estimate of drug-likeness (QED) is 0.365. The Bertz CT molecular complexity index is 1380. The molecule has 2 aliphatic rings. The van der Waals surface area contributed by atoms with Gasteiger partial charge < -0.3 is 10.1 Å². The van der Waals surface area contributed by atoms with Crippen molar-refractivity contribution in [1.29, 1.82) is 0 Å². The molecular weight excluding hydrogens is 480 g/mol. The Morgan fingerprint density at radius 2 is 1.61 bits per heavy atom. The van der Waals surface area contributed by atoms with E-state index in [4.69, 9.17) is 4.74 Å². The number of nitrogens with one attached hydrogen (secondary N) is 1. The Morgan fingerprint density at radius 1 is 0.895 bits per heavy atom. The largest absolute Gasteiger partial charge is 0.452 e. The van der Waals surface area contributed by atoms with Crippen molar-refractivity contribution >= 4 is 35.1 Å². The van der Waals surface area contributed by atoms with Crippen LogP contribution in [0.25, 0.3) is 0 Å². The highest BCUT2D eigenvalue weighted by Crippen LogP contribution is 2.45. The van der Waals surface area contributed by atoms with E-state index in [0.29, 0.717) is 24.2 Å². The first-order chi connectivity index (χ1) is 18.3. The summed E-state index contributed by atoms with van der Waals surface area (Å²) in [6.45, 7) is 3.38. The highest BCUT2D eigenvalue weighted by atomic mass is 16.5. The Hall–Kier alpha value is -4.26. The lowest BCUT2D eigenvalue weighted by Crippen LogP contribution is -2.30. The smallest absolute Gasteiger partial charge is 0.338 e. The Kier molecular flexibility index (Phi) is 7.09. The highest BCUT2D eigenvalue weighted by molar-refractivity contribution is 6.22. The average Bonchev–Trinajstić information content (AvgIpc) is 3.19. The lowest BCUT2D eigenvalue weighted by Gasteiger charge is -2.28. The predicted octanol–water partition coefficient (Wildman–Crippen LogP) is 5.17. The molecule has 7 heteroatoms. The summed E-state index contributed by atoms with van der Waals surface area (Å²) in [4.78, 5) is 52.5. The van der Waals surface area contributed by atoms with Crippen LogP contribution in [0.4, 0.5) is 11.4 Å². The molecule has 0 aromatic heterocycles. The zero-order valence-corrected chi connectivity index (χ0v) is 21.5. The normalized spacial score (nSPS) is 20.7. The van der Waals surface area contributed by atoms with E-state index in [1.165, 1.54) is 22.6 Å². The summed E-state index contributed by atoms with van der Waals surface area (Å²) in [5, 5.41) is 2.75. The minimum atomic E-state index is -0.661. The van der Waals surface area contributed by atoms with Gasteiger partial charge >= 0.3 is 5.97 Å². The molecule has 2 fully saturated rings. The first kappa shape index (κ1) is 25.4. The topological polar surface area (TPSA) is 92.8 Å². The number of hydrogen-bond acceptors (Lipinski definition) is 5. The van der Waals surface area contributed by atoms with Crippen LogP contribution in [0.1, 0.15) is 52.2 Å². The SMILES string of the molecule is Cc1ccc(C)c(NC(=O)COC(=O)c2ccc(N3C(=O)[C@H]4C[C@@H](c5ccccc5)CC[C@H]4C3=O)cc2)c1. The molecule has 3 amide bonds. The maximum atomic E-state index is 13.3. The fourth-order valence-corrected chi connectivity index (χ4v) is 5.48. The third kappa shape index (κ3) is 5.09. The molecule has 1 N–H and O–H groups in total. The Morgan fingerprint density at radius 3 is 2.34 bits per heavy atom. The van der Waals surface area contributed by atoms with Gasteiger partial charge in [-0.1, -0.05) is 42.5 Å². The van der Waals surface area contributed by atoms with Crippen LogP contribution in [0.15, 0.2) is 72.8 Å². The van der Waals surface area contributed by atoms with E-state index >= 15 is 0 Å². The number of rotatable bonds is 6. The molecule has 7 nitrogen and oxygen atoms in total. The van der Waals surface area contributed by atoms with Crippen molar-refractivity contribution in [3.05, 3.63) is 95.1 Å². The van der Waals surface area contributed by atoms with Crippen molar-refractivity contribution < 1.29 is 23.9 Å². The average molecular weight is 511 g/mol. The maximum Gasteiger partial charge on any atom is 0.338 e. The lowest BCUT2D eigenvalue weighted by atomic mass is 9.73. The minimum Gasteiger partial charge on any atom is -0.452 e. The molecule has 3 aromatic rings. The number of aryl methyl sites for hydroxylation is 2. The van der Waals surface area contributed by atoms with Gasteiger partial charge in [-0.15, -0.1) is 0 Å². The molecule has 1 saturated heterocycles. The summed E-state index contributed by atoms with van der Waals surface area (Å²) >= 11 is 0. The molecule has 0 bridgehead atoms. The number of carbonyl (C=O) groups excluding carboxylic acids is 4. The van der Waals surface area contributed by atoms with Crippen LogP contribution in [-0.4, -0.2) is 30.3 Å². The van der Waals surface area contributed by atoms with Gasteiger partial charge in [0, 0.05) is 5.69 Å². The predicted molar refractivity (Wildman–Crippen MR) is 144 cm³/mol. The molecule has 0 spiro atoms. The van der Waals surface area contributed by atoms with E-state index in [2.05, 4.69) is 17.4 Å². The van der Waals surface area contributed by atoms with Crippen LogP contribution in [0.5, 0.6) is 0 Å². The molecule has 3 atom stereocenters. The second-order valence-electron chi connectivity index (χ2n) is 10.1. The van der Waals surface area contributed by atoms with Gasteiger partial charge in [-0.25, -0.2) is 4.79 Å². The van der Waals surface area contributed by atoms with Gasteiger partial charge in [0.1, 0.15) is 0 Å². The minimum absolute atomic E-state index is 0.176. The summed E-state index contributed by atoms with van der Waals surface area (Å²) in [5.74, 6) is -1.83. The molecule has 1 heterocycles. The van der Waals surface area contributed by atoms with Crippen LogP contribution in [-0.2, 0) is 19.1 Å². The van der Waals surface area contributed by atoms with Crippen LogP contribution in [0, 0.1) is 25.7 Å². The standard InChI is InChI=1S/C31H30N2O5/c1-19-8-9-20(2)27(16-19)32-28(34)18-38-31(37)22-10-13-24(14-11-22)33-29(35)25-15-12-23(17-26(25)30(33)36)21-6-4-3-5-7-21/h3-11,13-14,16,23,25-26H,12,15,17-18H2,1-2H3,(H,32,34)/t23-,25+,26-/m0/s1. The first-order valence-electron chi connectivity index (χ1n) is 12.9. The number of amides is 3. The van der Waals surface area contributed by atoms with Crippen molar-refractivity contribution in [2.24, 2.45) is 11.8 Å². The van der Waals surface area contributed by atoms with Crippen molar-refractivity contribution in [2.75, 3.05) is 16.8 Å². The molecule has 194 valence electrons. The monoisotopic (exact) mass is 510 g/mol. The summed E-state index contributed by atoms with van der Waals surface area (Å²) in [5.41, 5.74) is 4.46. The molecule has 3 aromatic carbocycles. The third-order valence-corrected chi connectivity index (χ3v) is 7.56. The van der Waals surface area contributed by atoms with Gasteiger partial charge in [-0.05, 0) is 86.1 Å². The van der Waals surface area contributed by atoms with E-state index in [9.17, 15) is 19.2 Å². The summed E-state index contributed by atoms with van der Waals surface area (Å²) in [6, 6.07) is 22.0. The number of benzene rings is 3. The van der Waals surface area contributed by atoms with Crippen LogP contribution in [0.3, 0.4) is 0 Å². The molecule has 38 heavy (non-hydrogen) atoms. The molecule has 1 aliphatic heterocycles. The second kappa shape index (κ2) is 10.6. The van der Waals surface area contributed by atoms with E-state index < -0.39 is 18.5 Å². The fraction of sp³-hybridized carbons (Fsp3) is 0.290. The zero-order valence-electron chi connectivity index (χ0n) is 21.5. The highest BCUT2D eigenvalue weighted by Gasteiger charge is 2.50. The molecule has 1 saturated carbocycles. The van der Waals surface area contributed by atoms with Gasteiger partial charge in [0.05, 0.1) is 23.1 Å². The van der Waals surface area contributed by atoms with Crippen LogP contribution < -0.4 is 10.2 Å². The number of ether oxygens (including phenoxy) is 1. The van der Waals surface area contributed by atoms with E-state index in [1.807, 2.05) is 50.2 Å². The number of fused-ring (bicyclic) bond motifs is 1. The van der Waals surface area contributed by atoms with Crippen molar-refractivity contribution in [1.82, 2.24) is 0 Å². The second-order valence-corrected chi connectivity index (χ2v) is 10.1. The summed E-state index contributed by atoms with van der Waals surface area (Å²) < 4.78 is 5.17. The lowest BCUT2D eigenvalue weighted by molar-refractivity contribution is -0.122. The van der Waals surface area contributed by atoms with Crippen molar-refractivity contribution in [2.45, 2.75) is 39.0 Å². The van der Waals surface area contributed by atoms with E-state index in [0.717, 1.165) is 17.5 Å². The fourth-order valence-electron chi connectivity index (χ4n) is 5.48. The third-order valence-electron chi connectivity index (χ3n) is 7.56. The van der Waals surface area contributed by atoms with Gasteiger partial charge in [-0.3, -0.25) is 19.3 Å². The van der Waals surface area contributed by atoms with Gasteiger partial charge in [-0.2, -0.15) is 0 Å². The summed E-state index contributed by atoms with van der Waals surface area (Å²) in [6.07, 6.45) is 2.21. The number of carbonyl (C=O) groups is 4. The molecular formula is C31H30N2O5. The van der Waals surface area contributed by atoms with E-state index in [-0.39, 0.29) is 35.1 Å². The first-order valence-corrected chi connectivity index (χ1v) is 12.9. The van der Waals surface area contributed by atoms with E-state index in [1.54, 1.807) is 12.1 Å². The zero-order chi connectivity index (χ0) is 26.8. The number of imide groups is 1. The Balaban J connectivity index is 1.20. The molecule has 0 radical (unpaired) electrons. The van der Waals surface area contributed by atoms with Crippen molar-refractivity contribution in [3.63, 3.8) is 0 Å². The van der Waals surface area contributed by atoms with Gasteiger partial charge in [0.15, 0.2) is 6.61 Å². The number of esters is 1. The molecule has 5 rings (SSSR count). The van der Waals surface area contributed by atoms with Crippen molar-refractivity contribution in [3.8, 4) is 0 Å². The van der Waals surface area contributed by atoms with Gasteiger partial charge in [0.25, 0.3) is 5.91 Å². The molecule has 0 unspecified atom stereocenters. The Labute approximate surface area is 221 Å². The summed E-state index contributed by atoms with van der Waals surface area (Å²) in [7, 11) is 0. The molecule has 1 aliphatic carbocycles. The van der Waals surface area contributed by atoms with Crippen LogP contribution >= 0.6 is 0 Å². The number of anilines is 2. The number of hydrogen-bond donors (Lipinski definition) is 1. The number of nitrogens with zero attached hydrogens (tertiary/aromatic N) is 1. The van der Waals surface area contributed by atoms with Crippen LogP contribution in [0.2, 0.25) is 0 Å². The maximum absolute atomic E-state index is 13.3.